The summed E-state index contributed by atoms with van der Waals surface area (Å²) in [6.45, 7) is 4.85. The van der Waals surface area contributed by atoms with E-state index in [0.717, 1.165) is 67.8 Å². The molecule has 42 heavy (non-hydrogen) atoms. The van der Waals surface area contributed by atoms with Crippen molar-refractivity contribution in [3.63, 3.8) is 0 Å². The number of carbonyl (C=O) groups is 2. The summed E-state index contributed by atoms with van der Waals surface area (Å²) in [5.74, 6) is 1.41. The highest BCUT2D eigenvalue weighted by molar-refractivity contribution is 7.19. The van der Waals surface area contributed by atoms with Gasteiger partial charge in [-0.3, -0.25) is 9.59 Å². The number of anilines is 3. The van der Waals surface area contributed by atoms with Gasteiger partial charge >= 0.3 is 0 Å². The van der Waals surface area contributed by atoms with Gasteiger partial charge in [-0.1, -0.05) is 50.2 Å². The maximum absolute atomic E-state index is 12.6. The number of carbonyl (C=O) groups excluding carboxylic acids is 2. The van der Waals surface area contributed by atoms with Crippen molar-refractivity contribution >= 4 is 39.2 Å². The van der Waals surface area contributed by atoms with Crippen LogP contribution in [0.3, 0.4) is 0 Å². The van der Waals surface area contributed by atoms with E-state index in [1.807, 2.05) is 24.3 Å². The number of nitrogens with zero attached hydrogens (tertiary/aromatic N) is 5. The standard InChI is InChI=1S/C30H39N7O4S/c1-3-5-10-26(38)32-29-35-36-30(42-29)37-21-11-12-22(37)19-24(18-21)41-28-14-13-25(33-34-28)31-27(39)17-20-8-7-9-23(16-20)40-15-6-4-2/h7-9,13-14,16,21-22,24H,3-6,10-12,15,17-19H2,1-2H3,(H,31,33,39)(H,32,35,38). The van der Waals surface area contributed by atoms with Gasteiger partial charge in [0.15, 0.2) is 5.82 Å². The Morgan fingerprint density at radius 1 is 0.952 bits per heavy atom. The molecule has 2 aromatic heterocycles. The molecule has 2 saturated heterocycles. The lowest BCUT2D eigenvalue weighted by Gasteiger charge is -2.38. The van der Waals surface area contributed by atoms with Gasteiger partial charge in [-0.05, 0) is 49.4 Å². The third-order valence-electron chi connectivity index (χ3n) is 7.55. The highest BCUT2D eigenvalue weighted by atomic mass is 32.1. The molecule has 4 heterocycles. The number of rotatable bonds is 14. The Kier molecular flexibility index (Phi) is 10.2. The summed E-state index contributed by atoms with van der Waals surface area (Å²) in [4.78, 5) is 27.0. The third-order valence-corrected chi connectivity index (χ3v) is 8.41. The molecular weight excluding hydrogens is 554 g/mol. The molecule has 5 rings (SSSR count). The van der Waals surface area contributed by atoms with E-state index in [2.05, 4.69) is 49.8 Å². The number of fused-ring (bicyclic) bond motifs is 2. The first kappa shape index (κ1) is 29.7. The number of aromatic nitrogens is 4. The molecule has 0 aliphatic carbocycles. The van der Waals surface area contributed by atoms with E-state index in [0.29, 0.717) is 41.9 Å². The summed E-state index contributed by atoms with van der Waals surface area (Å²) >= 11 is 1.43. The molecular formula is C30H39N7O4S. The quantitative estimate of drug-likeness (QED) is 0.236. The first-order valence-corrected chi connectivity index (χ1v) is 15.8. The minimum atomic E-state index is -0.173. The number of unbranched alkanes of at least 4 members (excludes halogenated alkanes) is 2. The van der Waals surface area contributed by atoms with Gasteiger partial charge in [0.2, 0.25) is 28.0 Å². The van der Waals surface area contributed by atoms with E-state index in [-0.39, 0.29) is 24.3 Å². The van der Waals surface area contributed by atoms with Crippen LogP contribution in [-0.4, -0.2) is 57.0 Å². The summed E-state index contributed by atoms with van der Waals surface area (Å²) in [6.07, 6.45) is 8.45. The monoisotopic (exact) mass is 593 g/mol. The van der Waals surface area contributed by atoms with Crippen LogP contribution in [0.25, 0.3) is 0 Å². The van der Waals surface area contributed by atoms with Crippen LogP contribution in [0.15, 0.2) is 36.4 Å². The van der Waals surface area contributed by atoms with Crippen LogP contribution >= 0.6 is 11.3 Å². The Morgan fingerprint density at radius 3 is 2.50 bits per heavy atom. The lowest BCUT2D eigenvalue weighted by atomic mass is 10.0. The van der Waals surface area contributed by atoms with E-state index in [1.165, 1.54) is 11.3 Å². The minimum Gasteiger partial charge on any atom is -0.494 e. The van der Waals surface area contributed by atoms with Gasteiger partial charge in [0, 0.05) is 37.4 Å². The Hall–Kier alpha value is -3.80. The van der Waals surface area contributed by atoms with Crippen molar-refractivity contribution in [3.8, 4) is 11.6 Å². The Balaban J connectivity index is 1.09. The topological polar surface area (TPSA) is 131 Å². The number of amides is 2. The molecule has 2 aliphatic heterocycles. The summed E-state index contributed by atoms with van der Waals surface area (Å²) in [5.41, 5.74) is 0.872. The van der Waals surface area contributed by atoms with E-state index >= 15 is 0 Å². The fourth-order valence-electron chi connectivity index (χ4n) is 5.50. The molecule has 2 N–H and O–H groups in total. The maximum Gasteiger partial charge on any atom is 0.233 e. The zero-order chi connectivity index (χ0) is 29.3. The predicted molar refractivity (Wildman–Crippen MR) is 162 cm³/mol. The molecule has 224 valence electrons. The largest absolute Gasteiger partial charge is 0.494 e. The second kappa shape index (κ2) is 14.4. The first-order chi connectivity index (χ1) is 20.5. The van der Waals surface area contributed by atoms with Crippen molar-refractivity contribution in [1.82, 2.24) is 20.4 Å². The van der Waals surface area contributed by atoms with Crippen molar-refractivity contribution in [2.24, 2.45) is 0 Å². The molecule has 2 amide bonds. The smallest absolute Gasteiger partial charge is 0.233 e. The summed E-state index contributed by atoms with van der Waals surface area (Å²) in [5, 5.41) is 24.0. The summed E-state index contributed by atoms with van der Waals surface area (Å²) in [6, 6.07) is 11.7. The number of ether oxygens (including phenoxy) is 2. The Labute approximate surface area is 250 Å². The zero-order valence-electron chi connectivity index (χ0n) is 24.3. The predicted octanol–water partition coefficient (Wildman–Crippen LogP) is 5.40. The van der Waals surface area contributed by atoms with Crippen LogP contribution in [0.1, 0.15) is 77.2 Å². The van der Waals surface area contributed by atoms with Gasteiger partial charge in [-0.15, -0.1) is 20.4 Å². The highest BCUT2D eigenvalue weighted by Crippen LogP contribution is 2.42. The summed E-state index contributed by atoms with van der Waals surface area (Å²) < 4.78 is 12.0. The fourth-order valence-corrected chi connectivity index (χ4v) is 6.40. The van der Waals surface area contributed by atoms with Gasteiger partial charge < -0.3 is 25.0 Å². The van der Waals surface area contributed by atoms with Gasteiger partial charge in [0.25, 0.3) is 0 Å². The van der Waals surface area contributed by atoms with Gasteiger partial charge in [-0.25, -0.2) is 0 Å². The van der Waals surface area contributed by atoms with Crippen molar-refractivity contribution in [3.05, 3.63) is 42.0 Å². The molecule has 2 bridgehead atoms. The number of benzene rings is 1. The van der Waals surface area contributed by atoms with Crippen LogP contribution in [0, 0.1) is 0 Å². The summed E-state index contributed by atoms with van der Waals surface area (Å²) in [7, 11) is 0. The van der Waals surface area contributed by atoms with E-state index in [4.69, 9.17) is 9.47 Å². The van der Waals surface area contributed by atoms with Crippen LogP contribution in [0.5, 0.6) is 11.6 Å². The van der Waals surface area contributed by atoms with E-state index in [1.54, 1.807) is 12.1 Å². The van der Waals surface area contributed by atoms with Crippen LogP contribution in [0.2, 0.25) is 0 Å². The number of piperidine rings is 1. The lowest BCUT2D eigenvalue weighted by Crippen LogP contribution is -2.46. The second-order valence-electron chi connectivity index (χ2n) is 10.9. The zero-order valence-corrected chi connectivity index (χ0v) is 25.1. The molecule has 12 heteroatoms. The van der Waals surface area contributed by atoms with E-state index in [9.17, 15) is 9.59 Å². The number of nitrogens with one attached hydrogen (secondary N) is 2. The molecule has 2 aliphatic rings. The maximum atomic E-state index is 12.6. The molecule has 0 radical (unpaired) electrons. The normalized spacial score (nSPS) is 19.4. The third kappa shape index (κ3) is 7.93. The van der Waals surface area contributed by atoms with Gasteiger partial charge in [0.1, 0.15) is 11.9 Å². The average Bonchev–Trinajstić information content (AvgIpc) is 3.54. The average molecular weight is 594 g/mol. The minimum absolute atomic E-state index is 0.0145. The molecule has 3 aromatic rings. The van der Waals surface area contributed by atoms with Crippen molar-refractivity contribution in [1.29, 1.82) is 0 Å². The van der Waals surface area contributed by atoms with Crippen molar-refractivity contribution < 1.29 is 19.1 Å². The molecule has 0 spiro atoms. The number of hydrogen-bond donors (Lipinski definition) is 2. The van der Waals surface area contributed by atoms with Crippen LogP contribution < -0.4 is 25.0 Å². The first-order valence-electron chi connectivity index (χ1n) is 14.9. The molecule has 1 aromatic carbocycles. The van der Waals surface area contributed by atoms with Crippen LogP contribution in [0.4, 0.5) is 16.1 Å². The highest BCUT2D eigenvalue weighted by Gasteiger charge is 2.43. The van der Waals surface area contributed by atoms with Crippen LogP contribution in [-0.2, 0) is 16.0 Å². The van der Waals surface area contributed by atoms with Gasteiger partial charge in [0.05, 0.1) is 13.0 Å². The molecule has 0 saturated carbocycles. The van der Waals surface area contributed by atoms with Gasteiger partial charge in [-0.2, -0.15) is 0 Å². The second-order valence-corrected chi connectivity index (χ2v) is 11.8. The molecule has 2 atom stereocenters. The van der Waals surface area contributed by atoms with Crippen molar-refractivity contribution in [2.45, 2.75) is 96.2 Å². The lowest BCUT2D eigenvalue weighted by molar-refractivity contribution is -0.116. The van der Waals surface area contributed by atoms with E-state index < -0.39 is 0 Å². The SMILES string of the molecule is CCCCOc1cccc(CC(=O)Nc2ccc(OC3CC4CCC(C3)N4c3nnc(NC(=O)CCCC)s3)nn2)c1. The Morgan fingerprint density at radius 2 is 1.76 bits per heavy atom. The fraction of sp³-hybridized carbons (Fsp3) is 0.533. The molecule has 11 nitrogen and oxygen atoms in total. The van der Waals surface area contributed by atoms with Crippen molar-refractivity contribution in [2.75, 3.05) is 22.1 Å². The molecule has 2 unspecified atom stereocenters. The number of hydrogen-bond acceptors (Lipinski definition) is 10. The molecule has 2 fully saturated rings. The Bertz CT molecular complexity index is 1320.